The van der Waals surface area contributed by atoms with Gasteiger partial charge in [0.15, 0.2) is 6.29 Å². The van der Waals surface area contributed by atoms with Gasteiger partial charge < -0.3 is 40.3 Å². The van der Waals surface area contributed by atoms with E-state index in [-0.39, 0.29) is 12.5 Å². The van der Waals surface area contributed by atoms with Crippen molar-refractivity contribution in [1.29, 1.82) is 0 Å². The van der Waals surface area contributed by atoms with Gasteiger partial charge in [-0.2, -0.15) is 0 Å². The van der Waals surface area contributed by atoms with E-state index in [0.29, 0.717) is 6.42 Å². The fourth-order valence-corrected chi connectivity index (χ4v) is 7.54. The zero-order chi connectivity index (χ0) is 42.3. The predicted octanol–water partition coefficient (Wildman–Crippen LogP) is 10.5. The molecule has 1 aliphatic heterocycles. The molecule has 1 rings (SSSR count). The SMILES string of the molecule is CCCCCCC/C=C\C/C=C\CCCCCCCCCCCCCCCC(=O)NC(COC1OC(CO)C(O)C(O)C1O)C(O)/C=C/CCCCCCCCCC. The number of amides is 1. The Morgan fingerprint density at radius 2 is 1.02 bits per heavy atom. The van der Waals surface area contributed by atoms with E-state index in [1.54, 1.807) is 6.08 Å². The molecule has 1 amide bonds. The van der Waals surface area contributed by atoms with Crippen LogP contribution in [-0.4, -0.2) is 87.5 Å². The first-order valence-electron chi connectivity index (χ1n) is 24.2. The van der Waals surface area contributed by atoms with E-state index in [1.165, 1.54) is 148 Å². The molecule has 9 nitrogen and oxygen atoms in total. The molecule has 7 unspecified atom stereocenters. The second kappa shape index (κ2) is 39.5. The van der Waals surface area contributed by atoms with Crippen molar-refractivity contribution in [2.24, 2.45) is 0 Å². The van der Waals surface area contributed by atoms with Crippen LogP contribution in [0.1, 0.15) is 213 Å². The molecule has 0 aromatic heterocycles. The van der Waals surface area contributed by atoms with Crippen LogP contribution in [0.25, 0.3) is 0 Å². The Kier molecular flexibility index (Phi) is 37.1. The number of hydrogen-bond acceptors (Lipinski definition) is 8. The molecule has 0 aromatic carbocycles. The average molecular weight is 822 g/mol. The summed E-state index contributed by atoms with van der Waals surface area (Å²) in [4.78, 5) is 12.9. The molecule has 1 heterocycles. The predicted molar refractivity (Wildman–Crippen MR) is 240 cm³/mol. The van der Waals surface area contributed by atoms with Gasteiger partial charge in [0, 0.05) is 6.42 Å². The molecular formula is C49H91NO8. The Balaban J connectivity index is 2.22. The minimum Gasteiger partial charge on any atom is -0.394 e. The largest absolute Gasteiger partial charge is 0.394 e. The number of carbonyl (C=O) groups excluding carboxylic acids is 1. The summed E-state index contributed by atoms with van der Waals surface area (Å²) in [6.07, 6.45) is 42.0. The zero-order valence-electron chi connectivity index (χ0n) is 37.3. The van der Waals surface area contributed by atoms with Gasteiger partial charge in [0.1, 0.15) is 24.4 Å². The van der Waals surface area contributed by atoms with Crippen molar-refractivity contribution in [1.82, 2.24) is 5.32 Å². The molecule has 6 N–H and O–H groups in total. The second-order valence-corrected chi connectivity index (χ2v) is 16.9. The van der Waals surface area contributed by atoms with Crippen LogP contribution in [0.4, 0.5) is 0 Å². The minimum atomic E-state index is -1.56. The van der Waals surface area contributed by atoms with Gasteiger partial charge in [0.25, 0.3) is 0 Å². The van der Waals surface area contributed by atoms with Gasteiger partial charge in [-0.15, -0.1) is 0 Å². The molecule has 0 radical (unpaired) electrons. The first kappa shape index (κ1) is 54.4. The number of ether oxygens (including phenoxy) is 2. The summed E-state index contributed by atoms with van der Waals surface area (Å²) in [6, 6.07) is -0.802. The molecule has 0 aliphatic carbocycles. The summed E-state index contributed by atoms with van der Waals surface area (Å²) in [5.41, 5.74) is 0. The quantitative estimate of drug-likeness (QED) is 0.0264. The van der Waals surface area contributed by atoms with E-state index in [9.17, 15) is 30.3 Å². The highest BCUT2D eigenvalue weighted by Crippen LogP contribution is 2.23. The summed E-state index contributed by atoms with van der Waals surface area (Å²) < 4.78 is 11.2. The molecule has 7 atom stereocenters. The minimum absolute atomic E-state index is 0.180. The third kappa shape index (κ3) is 29.6. The van der Waals surface area contributed by atoms with Gasteiger partial charge in [0.05, 0.1) is 25.4 Å². The Morgan fingerprint density at radius 3 is 1.48 bits per heavy atom. The van der Waals surface area contributed by atoms with Crippen molar-refractivity contribution in [3.05, 3.63) is 36.5 Å². The lowest BCUT2D eigenvalue weighted by Gasteiger charge is -2.40. The Labute approximate surface area is 355 Å². The lowest BCUT2D eigenvalue weighted by atomic mass is 9.99. The third-order valence-corrected chi connectivity index (χ3v) is 11.5. The number of aliphatic hydroxyl groups is 5. The third-order valence-electron chi connectivity index (χ3n) is 11.5. The van der Waals surface area contributed by atoms with Gasteiger partial charge in [-0.25, -0.2) is 0 Å². The van der Waals surface area contributed by atoms with Crippen LogP contribution in [0.3, 0.4) is 0 Å². The summed E-state index contributed by atoms with van der Waals surface area (Å²) >= 11 is 0. The van der Waals surface area contributed by atoms with Crippen molar-refractivity contribution < 1.29 is 39.8 Å². The molecule has 0 aromatic rings. The summed E-state index contributed by atoms with van der Waals surface area (Å²) in [5, 5.41) is 54.1. The van der Waals surface area contributed by atoms with Gasteiger partial charge in [-0.1, -0.05) is 192 Å². The second-order valence-electron chi connectivity index (χ2n) is 16.9. The van der Waals surface area contributed by atoms with E-state index < -0.39 is 49.5 Å². The molecule has 58 heavy (non-hydrogen) atoms. The number of allylic oxidation sites excluding steroid dienone is 5. The van der Waals surface area contributed by atoms with Gasteiger partial charge in [-0.3, -0.25) is 4.79 Å². The average Bonchev–Trinajstić information content (AvgIpc) is 3.22. The fourth-order valence-electron chi connectivity index (χ4n) is 7.54. The highest BCUT2D eigenvalue weighted by molar-refractivity contribution is 5.76. The Hall–Kier alpha value is -1.59. The zero-order valence-corrected chi connectivity index (χ0v) is 37.3. The van der Waals surface area contributed by atoms with E-state index in [4.69, 9.17) is 9.47 Å². The fraction of sp³-hybridized carbons (Fsp3) is 0.857. The monoisotopic (exact) mass is 822 g/mol. The van der Waals surface area contributed by atoms with Crippen molar-refractivity contribution in [3.63, 3.8) is 0 Å². The lowest BCUT2D eigenvalue weighted by molar-refractivity contribution is -0.302. The smallest absolute Gasteiger partial charge is 0.220 e. The molecule has 340 valence electrons. The molecule has 1 aliphatic rings. The number of nitrogens with one attached hydrogen (secondary N) is 1. The van der Waals surface area contributed by atoms with E-state index >= 15 is 0 Å². The maximum atomic E-state index is 12.9. The Morgan fingerprint density at radius 1 is 0.586 bits per heavy atom. The normalized spacial score (nSPS) is 21.1. The molecular weight excluding hydrogens is 731 g/mol. The molecule has 1 saturated heterocycles. The molecule has 0 bridgehead atoms. The summed E-state index contributed by atoms with van der Waals surface area (Å²) in [6.45, 7) is 3.74. The highest BCUT2D eigenvalue weighted by Gasteiger charge is 2.44. The number of carbonyl (C=O) groups is 1. The standard InChI is InChI=1S/C49H91NO8/c1-3-5-7-9-11-13-15-16-17-18-19-20-21-22-23-24-25-26-27-28-29-31-33-35-37-39-45(53)50-42(41-57-49-48(56)47(55)46(54)44(40-51)58-49)43(52)38-36-34-32-30-14-12-10-8-6-4-2/h15-16,18-19,36,38,42-44,46-49,51-52,54-56H,3-14,17,20-35,37,39-41H2,1-2H3,(H,50,53)/b16-15-,19-18-,38-36+. The van der Waals surface area contributed by atoms with Crippen LogP contribution < -0.4 is 5.32 Å². The van der Waals surface area contributed by atoms with Crippen LogP contribution in [0.2, 0.25) is 0 Å². The number of aliphatic hydroxyl groups excluding tert-OH is 5. The highest BCUT2D eigenvalue weighted by atomic mass is 16.7. The van der Waals surface area contributed by atoms with Crippen molar-refractivity contribution in [3.8, 4) is 0 Å². The maximum Gasteiger partial charge on any atom is 0.220 e. The summed E-state index contributed by atoms with van der Waals surface area (Å²) in [7, 11) is 0. The van der Waals surface area contributed by atoms with Gasteiger partial charge in [-0.05, 0) is 51.4 Å². The number of hydrogen-bond donors (Lipinski definition) is 6. The summed E-state index contributed by atoms with van der Waals surface area (Å²) in [5.74, 6) is -0.180. The van der Waals surface area contributed by atoms with Crippen LogP contribution in [0, 0.1) is 0 Å². The van der Waals surface area contributed by atoms with E-state index in [0.717, 1.165) is 44.9 Å². The first-order chi connectivity index (χ1) is 28.3. The molecule has 0 spiro atoms. The molecule has 0 saturated carbocycles. The van der Waals surface area contributed by atoms with Crippen LogP contribution >= 0.6 is 0 Å². The van der Waals surface area contributed by atoms with Crippen LogP contribution in [-0.2, 0) is 14.3 Å². The van der Waals surface area contributed by atoms with Gasteiger partial charge in [0.2, 0.25) is 5.91 Å². The molecule has 1 fully saturated rings. The number of rotatable bonds is 40. The van der Waals surface area contributed by atoms with Crippen LogP contribution in [0.5, 0.6) is 0 Å². The van der Waals surface area contributed by atoms with Crippen molar-refractivity contribution in [2.75, 3.05) is 13.2 Å². The van der Waals surface area contributed by atoms with E-state index in [2.05, 4.69) is 43.5 Å². The topological polar surface area (TPSA) is 149 Å². The molecule has 9 heteroatoms. The first-order valence-corrected chi connectivity index (χ1v) is 24.2. The maximum absolute atomic E-state index is 12.9. The van der Waals surface area contributed by atoms with Crippen molar-refractivity contribution in [2.45, 2.75) is 256 Å². The lowest BCUT2D eigenvalue weighted by Crippen LogP contribution is -2.60. The number of unbranched alkanes of at least 4 members (excludes halogenated alkanes) is 26. The van der Waals surface area contributed by atoms with E-state index in [1.807, 2.05) is 6.08 Å². The van der Waals surface area contributed by atoms with Crippen LogP contribution in [0.15, 0.2) is 36.5 Å². The van der Waals surface area contributed by atoms with Gasteiger partial charge >= 0.3 is 0 Å². The Bertz CT molecular complexity index is 1000. The van der Waals surface area contributed by atoms with Crippen molar-refractivity contribution >= 4 is 5.91 Å².